The van der Waals surface area contributed by atoms with Gasteiger partial charge in [0.15, 0.2) is 0 Å². The molecule has 2 heterocycles. The first-order valence-electron chi connectivity index (χ1n) is 7.87. The van der Waals surface area contributed by atoms with Crippen LogP contribution in [-0.4, -0.2) is 30.0 Å². The van der Waals surface area contributed by atoms with Crippen LogP contribution in [0.15, 0.2) is 29.6 Å². The van der Waals surface area contributed by atoms with Gasteiger partial charge in [-0.3, -0.25) is 4.79 Å². The van der Waals surface area contributed by atoms with E-state index in [-0.39, 0.29) is 42.6 Å². The zero-order valence-electron chi connectivity index (χ0n) is 13.7. The van der Waals surface area contributed by atoms with E-state index in [1.807, 2.05) is 5.38 Å². The lowest BCUT2D eigenvalue weighted by Gasteiger charge is -2.23. The highest BCUT2D eigenvalue weighted by molar-refractivity contribution is 7.09. The molecule has 1 aliphatic rings. The van der Waals surface area contributed by atoms with Crippen molar-refractivity contribution in [2.75, 3.05) is 13.1 Å². The fourth-order valence-electron chi connectivity index (χ4n) is 2.70. The zero-order valence-corrected chi connectivity index (χ0v) is 16.1. The second-order valence-electron chi connectivity index (χ2n) is 5.80. The Bertz CT molecular complexity index is 660. The van der Waals surface area contributed by atoms with E-state index in [1.165, 1.54) is 12.1 Å². The van der Waals surface area contributed by atoms with Gasteiger partial charge in [0, 0.05) is 17.8 Å². The van der Waals surface area contributed by atoms with Gasteiger partial charge in [-0.2, -0.15) is 0 Å². The highest BCUT2D eigenvalue weighted by Crippen LogP contribution is 2.16. The maximum absolute atomic E-state index is 12.9. The van der Waals surface area contributed by atoms with E-state index in [0.717, 1.165) is 42.2 Å². The summed E-state index contributed by atoms with van der Waals surface area (Å²) in [7, 11) is 0. The monoisotopic (exact) mass is 405 g/mol. The van der Waals surface area contributed by atoms with Crippen molar-refractivity contribution < 1.29 is 9.18 Å². The number of nitrogens with one attached hydrogen (secondary N) is 2. The Balaban J connectivity index is 0.00000156. The smallest absolute Gasteiger partial charge is 0.226 e. The minimum atomic E-state index is -0.233. The van der Waals surface area contributed by atoms with Gasteiger partial charge in [0.1, 0.15) is 5.82 Å². The maximum Gasteiger partial charge on any atom is 0.226 e. The number of thiazole rings is 1. The number of carbonyl (C=O) groups is 1. The molecule has 1 aromatic heterocycles. The van der Waals surface area contributed by atoms with Crippen LogP contribution in [0.3, 0.4) is 0 Å². The number of carbonyl (C=O) groups excluding carboxylic acids is 1. The highest BCUT2D eigenvalue weighted by Gasteiger charge is 2.16. The quantitative estimate of drug-likeness (QED) is 0.803. The molecule has 1 amide bonds. The molecule has 25 heavy (non-hydrogen) atoms. The van der Waals surface area contributed by atoms with Crippen LogP contribution in [0.5, 0.6) is 0 Å². The summed E-state index contributed by atoms with van der Waals surface area (Å²) in [6.07, 6.45) is 2.96. The molecule has 1 saturated heterocycles. The Hall–Kier alpha value is -1.21. The number of hydrogen-bond acceptors (Lipinski definition) is 4. The van der Waals surface area contributed by atoms with Crippen LogP contribution in [0, 0.1) is 5.82 Å². The van der Waals surface area contributed by atoms with Gasteiger partial charge in [0.05, 0.1) is 17.1 Å². The first-order valence-corrected chi connectivity index (χ1v) is 8.75. The van der Waals surface area contributed by atoms with Gasteiger partial charge in [-0.15, -0.1) is 36.2 Å². The van der Waals surface area contributed by atoms with Gasteiger partial charge in [-0.1, -0.05) is 12.1 Å². The first-order chi connectivity index (χ1) is 11.2. The molecule has 0 saturated carbocycles. The molecule has 3 rings (SSSR count). The van der Waals surface area contributed by atoms with Crippen LogP contribution in [0.4, 0.5) is 4.39 Å². The third-order valence-electron chi connectivity index (χ3n) is 3.91. The molecule has 8 heteroatoms. The molecule has 0 radical (unpaired) electrons. The summed E-state index contributed by atoms with van der Waals surface area (Å²) in [6, 6.07) is 6.72. The molecule has 1 aromatic carbocycles. The molecule has 4 nitrogen and oxygen atoms in total. The predicted octanol–water partition coefficient (Wildman–Crippen LogP) is 3.13. The van der Waals surface area contributed by atoms with Gasteiger partial charge < -0.3 is 10.6 Å². The van der Waals surface area contributed by atoms with Crippen molar-refractivity contribution in [2.45, 2.75) is 31.7 Å². The topological polar surface area (TPSA) is 54.0 Å². The van der Waals surface area contributed by atoms with Crippen LogP contribution < -0.4 is 10.6 Å². The maximum atomic E-state index is 12.9. The molecule has 0 aliphatic carbocycles. The van der Waals surface area contributed by atoms with Gasteiger partial charge in [-0.05, 0) is 43.6 Å². The van der Waals surface area contributed by atoms with Gasteiger partial charge >= 0.3 is 0 Å². The molecular formula is C17H22Cl2FN3OS. The Morgan fingerprint density at radius 1 is 1.24 bits per heavy atom. The Labute approximate surface area is 163 Å². The lowest BCUT2D eigenvalue weighted by molar-refractivity contribution is -0.121. The van der Waals surface area contributed by atoms with Crippen molar-refractivity contribution in [2.24, 2.45) is 0 Å². The number of piperidine rings is 1. The Morgan fingerprint density at radius 3 is 2.60 bits per heavy atom. The largest absolute Gasteiger partial charge is 0.353 e. The molecule has 1 fully saturated rings. The minimum Gasteiger partial charge on any atom is -0.353 e. The number of aromatic nitrogens is 1. The fraction of sp³-hybridized carbons (Fsp3) is 0.412. The van der Waals surface area contributed by atoms with E-state index in [9.17, 15) is 9.18 Å². The van der Waals surface area contributed by atoms with E-state index in [2.05, 4.69) is 15.6 Å². The van der Waals surface area contributed by atoms with Crippen molar-refractivity contribution in [1.82, 2.24) is 15.6 Å². The summed E-state index contributed by atoms with van der Waals surface area (Å²) in [4.78, 5) is 16.6. The molecule has 0 spiro atoms. The third-order valence-corrected chi connectivity index (χ3v) is 4.81. The van der Waals surface area contributed by atoms with E-state index in [1.54, 1.807) is 23.5 Å². The molecule has 2 N–H and O–H groups in total. The number of hydrogen-bond donors (Lipinski definition) is 2. The van der Waals surface area contributed by atoms with E-state index < -0.39 is 0 Å². The summed E-state index contributed by atoms with van der Waals surface area (Å²) in [5, 5.41) is 9.24. The number of nitrogens with zero attached hydrogens (tertiary/aromatic N) is 1. The fourth-order valence-corrected chi connectivity index (χ4v) is 3.53. The number of rotatable bonds is 5. The second kappa shape index (κ2) is 10.7. The number of benzene rings is 1. The first kappa shape index (κ1) is 21.8. The van der Waals surface area contributed by atoms with E-state index in [0.29, 0.717) is 12.8 Å². The normalized spacial score (nSPS) is 14.3. The predicted molar refractivity (Wildman–Crippen MR) is 104 cm³/mol. The Kier molecular flexibility index (Phi) is 9.35. The highest BCUT2D eigenvalue weighted by atomic mass is 35.5. The molecule has 138 valence electrons. The summed E-state index contributed by atoms with van der Waals surface area (Å²) >= 11 is 1.54. The van der Waals surface area contributed by atoms with Crippen molar-refractivity contribution in [3.63, 3.8) is 0 Å². The van der Waals surface area contributed by atoms with Crippen LogP contribution in [-0.2, 0) is 17.6 Å². The van der Waals surface area contributed by atoms with Crippen LogP contribution in [0.2, 0.25) is 0 Å². The van der Waals surface area contributed by atoms with Crippen molar-refractivity contribution in [3.05, 3.63) is 51.7 Å². The SMILES string of the molecule is Cl.Cl.O=C(Cc1csc(Cc2ccc(F)cc2)n1)NC1CCNCC1. The Morgan fingerprint density at radius 2 is 1.92 bits per heavy atom. The summed E-state index contributed by atoms with van der Waals surface area (Å²) in [5.41, 5.74) is 1.82. The van der Waals surface area contributed by atoms with Crippen molar-refractivity contribution >= 4 is 42.1 Å². The molecular weight excluding hydrogens is 384 g/mol. The molecule has 0 bridgehead atoms. The van der Waals surface area contributed by atoms with E-state index >= 15 is 0 Å². The van der Waals surface area contributed by atoms with Crippen LogP contribution in [0.25, 0.3) is 0 Å². The second-order valence-corrected chi connectivity index (χ2v) is 6.75. The van der Waals surface area contributed by atoms with Gasteiger partial charge in [-0.25, -0.2) is 9.37 Å². The van der Waals surface area contributed by atoms with E-state index in [4.69, 9.17) is 0 Å². The summed E-state index contributed by atoms with van der Waals surface area (Å²) in [6.45, 7) is 1.92. The third kappa shape index (κ3) is 6.90. The standard InChI is InChI=1S/C17H20FN3OS.2ClH/c18-13-3-1-12(2-4-13)9-17-21-15(11-23-17)10-16(22)20-14-5-7-19-8-6-14;;/h1-4,11,14,19H,5-10H2,(H,20,22);2*1H. The minimum absolute atomic E-state index is 0. The number of amides is 1. The lowest BCUT2D eigenvalue weighted by Crippen LogP contribution is -2.43. The molecule has 1 aliphatic heterocycles. The zero-order chi connectivity index (χ0) is 16.1. The van der Waals surface area contributed by atoms with Crippen molar-refractivity contribution in [1.29, 1.82) is 0 Å². The number of halogens is 3. The van der Waals surface area contributed by atoms with Gasteiger partial charge in [0.2, 0.25) is 5.91 Å². The molecule has 0 atom stereocenters. The molecule has 2 aromatic rings. The van der Waals surface area contributed by atoms with Crippen LogP contribution in [0.1, 0.15) is 29.1 Å². The lowest BCUT2D eigenvalue weighted by atomic mass is 10.1. The van der Waals surface area contributed by atoms with Gasteiger partial charge in [0.25, 0.3) is 0 Å². The summed E-state index contributed by atoms with van der Waals surface area (Å²) in [5.74, 6) is -0.196. The van der Waals surface area contributed by atoms with Crippen LogP contribution >= 0.6 is 36.2 Å². The average molecular weight is 406 g/mol. The average Bonchev–Trinajstić information content (AvgIpc) is 2.97. The van der Waals surface area contributed by atoms with Crippen molar-refractivity contribution in [3.8, 4) is 0 Å². The molecule has 0 unspecified atom stereocenters. The summed E-state index contributed by atoms with van der Waals surface area (Å²) < 4.78 is 12.9.